The average Bonchev–Trinajstić information content (AvgIpc) is 2.72. The number of hydrogen-bond acceptors (Lipinski definition) is 2. The number of fused-ring (bicyclic) bond motifs is 1. The van der Waals surface area contributed by atoms with Crippen molar-refractivity contribution in [3.63, 3.8) is 0 Å². The fourth-order valence-corrected chi connectivity index (χ4v) is 1.88. The summed E-state index contributed by atoms with van der Waals surface area (Å²) in [5, 5.41) is 7.69. The van der Waals surface area contributed by atoms with Gasteiger partial charge in [-0.2, -0.15) is 5.10 Å². The normalized spacial score (nSPS) is 12.5. The van der Waals surface area contributed by atoms with Gasteiger partial charge in [0.2, 0.25) is 0 Å². The first kappa shape index (κ1) is 10.7. The van der Waals surface area contributed by atoms with Crippen LogP contribution in [0.15, 0.2) is 30.6 Å². The molecule has 82 valence electrons. The Morgan fingerprint density at radius 2 is 2.44 bits per heavy atom. The zero-order chi connectivity index (χ0) is 11.4. The Balaban J connectivity index is 2.40. The molecule has 0 aromatic carbocycles. The molecular weight excluding hydrogens is 198 g/mol. The van der Waals surface area contributed by atoms with Gasteiger partial charge >= 0.3 is 0 Å². The summed E-state index contributed by atoms with van der Waals surface area (Å²) in [6.45, 7) is 2.98. The topological polar surface area (TPSA) is 29.3 Å². The minimum Gasteiger partial charge on any atom is -0.309 e. The summed E-state index contributed by atoms with van der Waals surface area (Å²) in [7, 11) is 0. The summed E-state index contributed by atoms with van der Waals surface area (Å²) in [6, 6.07) is 6.23. The van der Waals surface area contributed by atoms with Crippen LogP contribution in [0.4, 0.5) is 0 Å². The average molecular weight is 213 g/mol. The van der Waals surface area contributed by atoms with Crippen LogP contribution in [0.3, 0.4) is 0 Å². The Morgan fingerprint density at radius 1 is 1.56 bits per heavy atom. The molecule has 1 atom stereocenters. The van der Waals surface area contributed by atoms with Crippen LogP contribution in [0, 0.1) is 12.3 Å². The maximum atomic E-state index is 5.39. The first-order chi connectivity index (χ1) is 7.86. The summed E-state index contributed by atoms with van der Waals surface area (Å²) in [5.74, 6) is 2.71. The van der Waals surface area contributed by atoms with Gasteiger partial charge in [-0.3, -0.25) is 0 Å². The predicted molar refractivity (Wildman–Crippen MR) is 65.1 cm³/mol. The van der Waals surface area contributed by atoms with E-state index in [-0.39, 0.29) is 6.04 Å². The molecule has 0 aliphatic rings. The SMILES string of the molecule is C#CCC(NCC)c1cnn2ccccc12. The van der Waals surface area contributed by atoms with Crippen LogP contribution in [0.25, 0.3) is 5.52 Å². The molecule has 3 heteroatoms. The van der Waals surface area contributed by atoms with Crippen molar-refractivity contribution in [2.45, 2.75) is 19.4 Å². The number of rotatable bonds is 4. The molecule has 0 radical (unpaired) electrons. The second-order valence-corrected chi connectivity index (χ2v) is 3.65. The molecule has 2 aromatic rings. The molecule has 0 spiro atoms. The van der Waals surface area contributed by atoms with Crippen LogP contribution in [0.1, 0.15) is 24.9 Å². The third-order valence-electron chi connectivity index (χ3n) is 2.60. The van der Waals surface area contributed by atoms with Crippen LogP contribution < -0.4 is 5.32 Å². The Labute approximate surface area is 95.5 Å². The van der Waals surface area contributed by atoms with Gasteiger partial charge in [0.25, 0.3) is 0 Å². The van der Waals surface area contributed by atoms with Gasteiger partial charge in [0.05, 0.1) is 11.7 Å². The molecule has 0 bridgehead atoms. The highest BCUT2D eigenvalue weighted by atomic mass is 15.2. The van der Waals surface area contributed by atoms with Crippen molar-refractivity contribution in [3.05, 3.63) is 36.2 Å². The molecular formula is C13H15N3. The lowest BCUT2D eigenvalue weighted by Crippen LogP contribution is -2.20. The van der Waals surface area contributed by atoms with Crippen molar-refractivity contribution in [2.24, 2.45) is 0 Å². The lowest BCUT2D eigenvalue weighted by molar-refractivity contribution is 0.569. The molecule has 0 amide bonds. The molecule has 0 saturated carbocycles. The van der Waals surface area contributed by atoms with E-state index in [0.717, 1.165) is 12.1 Å². The van der Waals surface area contributed by atoms with Crippen molar-refractivity contribution < 1.29 is 0 Å². The van der Waals surface area contributed by atoms with Crippen molar-refractivity contribution in [1.82, 2.24) is 14.9 Å². The monoisotopic (exact) mass is 213 g/mol. The molecule has 0 saturated heterocycles. The molecule has 2 aromatic heterocycles. The van der Waals surface area contributed by atoms with E-state index in [2.05, 4.69) is 29.3 Å². The van der Waals surface area contributed by atoms with Gasteiger partial charge < -0.3 is 5.32 Å². The summed E-state index contributed by atoms with van der Waals surface area (Å²) >= 11 is 0. The van der Waals surface area contributed by atoms with E-state index in [9.17, 15) is 0 Å². The third-order valence-corrected chi connectivity index (χ3v) is 2.60. The number of terminal acetylenes is 1. The second kappa shape index (κ2) is 4.82. The van der Waals surface area contributed by atoms with Gasteiger partial charge in [0.15, 0.2) is 0 Å². The van der Waals surface area contributed by atoms with Crippen molar-refractivity contribution in [1.29, 1.82) is 0 Å². The Hall–Kier alpha value is -1.79. The maximum absolute atomic E-state index is 5.39. The van der Waals surface area contributed by atoms with Crippen LogP contribution in [0.5, 0.6) is 0 Å². The number of aromatic nitrogens is 2. The molecule has 3 nitrogen and oxygen atoms in total. The van der Waals surface area contributed by atoms with Gasteiger partial charge in [-0.15, -0.1) is 12.3 Å². The van der Waals surface area contributed by atoms with E-state index < -0.39 is 0 Å². The number of nitrogens with zero attached hydrogens (tertiary/aromatic N) is 2. The van der Waals surface area contributed by atoms with E-state index in [0.29, 0.717) is 6.42 Å². The molecule has 1 N–H and O–H groups in total. The Morgan fingerprint density at radius 3 is 3.19 bits per heavy atom. The predicted octanol–water partition coefficient (Wildman–Crippen LogP) is 2.01. The van der Waals surface area contributed by atoms with E-state index in [4.69, 9.17) is 6.42 Å². The molecule has 0 aliphatic carbocycles. The fraction of sp³-hybridized carbons (Fsp3) is 0.308. The van der Waals surface area contributed by atoms with Crippen LogP contribution >= 0.6 is 0 Å². The fourth-order valence-electron chi connectivity index (χ4n) is 1.88. The maximum Gasteiger partial charge on any atom is 0.0709 e. The Bertz CT molecular complexity index is 507. The second-order valence-electron chi connectivity index (χ2n) is 3.65. The van der Waals surface area contributed by atoms with Gasteiger partial charge in [0.1, 0.15) is 0 Å². The minimum absolute atomic E-state index is 0.190. The Kier molecular flexibility index (Phi) is 3.23. The zero-order valence-corrected chi connectivity index (χ0v) is 9.35. The third kappa shape index (κ3) is 1.93. The highest BCUT2D eigenvalue weighted by molar-refractivity contribution is 5.55. The van der Waals surface area contributed by atoms with Crippen LogP contribution in [0.2, 0.25) is 0 Å². The number of nitrogens with one attached hydrogen (secondary N) is 1. The quantitative estimate of drug-likeness (QED) is 0.787. The van der Waals surface area contributed by atoms with Crippen molar-refractivity contribution in [2.75, 3.05) is 6.54 Å². The first-order valence-electron chi connectivity index (χ1n) is 5.46. The molecule has 16 heavy (non-hydrogen) atoms. The summed E-state index contributed by atoms with van der Waals surface area (Å²) < 4.78 is 1.87. The molecule has 2 heterocycles. The number of pyridine rings is 1. The summed E-state index contributed by atoms with van der Waals surface area (Å²) in [5.41, 5.74) is 2.28. The highest BCUT2D eigenvalue weighted by Crippen LogP contribution is 2.21. The van der Waals surface area contributed by atoms with Crippen molar-refractivity contribution >= 4 is 5.52 Å². The first-order valence-corrected chi connectivity index (χ1v) is 5.46. The standard InChI is InChI=1S/C13H15N3/c1-3-7-12(14-4-2)11-10-15-16-9-6-5-8-13(11)16/h1,5-6,8-10,12,14H,4,7H2,2H3. The van der Waals surface area contributed by atoms with Crippen LogP contribution in [-0.4, -0.2) is 16.2 Å². The number of hydrogen-bond donors (Lipinski definition) is 1. The van der Waals surface area contributed by atoms with E-state index >= 15 is 0 Å². The van der Waals surface area contributed by atoms with E-state index in [1.165, 1.54) is 5.56 Å². The molecule has 0 aliphatic heterocycles. The molecule has 2 rings (SSSR count). The smallest absolute Gasteiger partial charge is 0.0709 e. The van der Waals surface area contributed by atoms with Gasteiger partial charge in [0, 0.05) is 24.2 Å². The van der Waals surface area contributed by atoms with Gasteiger partial charge in [-0.1, -0.05) is 13.0 Å². The molecule has 0 fully saturated rings. The van der Waals surface area contributed by atoms with Gasteiger partial charge in [-0.25, -0.2) is 4.52 Å². The zero-order valence-electron chi connectivity index (χ0n) is 9.35. The summed E-state index contributed by atoms with van der Waals surface area (Å²) in [4.78, 5) is 0. The van der Waals surface area contributed by atoms with Gasteiger partial charge in [-0.05, 0) is 18.7 Å². The molecule has 1 unspecified atom stereocenters. The lowest BCUT2D eigenvalue weighted by Gasteiger charge is -2.13. The van der Waals surface area contributed by atoms with Crippen LogP contribution in [-0.2, 0) is 0 Å². The van der Waals surface area contributed by atoms with Crippen molar-refractivity contribution in [3.8, 4) is 12.3 Å². The highest BCUT2D eigenvalue weighted by Gasteiger charge is 2.13. The largest absolute Gasteiger partial charge is 0.309 e. The summed E-state index contributed by atoms with van der Waals surface area (Å²) in [6.07, 6.45) is 9.91. The minimum atomic E-state index is 0.190. The van der Waals surface area contributed by atoms with E-state index in [1.807, 2.05) is 29.0 Å². The lowest BCUT2D eigenvalue weighted by atomic mass is 10.1. The van der Waals surface area contributed by atoms with E-state index in [1.54, 1.807) is 0 Å².